The highest BCUT2D eigenvalue weighted by molar-refractivity contribution is 4.95. The van der Waals surface area contributed by atoms with E-state index >= 15 is 0 Å². The van der Waals surface area contributed by atoms with Crippen molar-refractivity contribution in [2.75, 3.05) is 32.7 Å². The number of nitrogens with one attached hydrogen (secondary N) is 1. The lowest BCUT2D eigenvalue weighted by atomic mass is 9.92. The van der Waals surface area contributed by atoms with Crippen LogP contribution in [0.25, 0.3) is 0 Å². The van der Waals surface area contributed by atoms with Gasteiger partial charge < -0.3 is 0 Å². The lowest BCUT2D eigenvalue weighted by molar-refractivity contribution is -0.0106. The summed E-state index contributed by atoms with van der Waals surface area (Å²) in [6.45, 7) is 10.6. The van der Waals surface area contributed by atoms with Crippen molar-refractivity contribution in [3.05, 3.63) is 0 Å². The molecule has 14 heavy (non-hydrogen) atoms. The third-order valence-electron chi connectivity index (χ3n) is 3.65. The zero-order chi connectivity index (χ0) is 10.1. The van der Waals surface area contributed by atoms with Gasteiger partial charge in [0.15, 0.2) is 0 Å². The van der Waals surface area contributed by atoms with E-state index in [2.05, 4.69) is 29.1 Å². The molecule has 2 bridgehead atoms. The maximum atomic E-state index is 5.64. The zero-order valence-corrected chi connectivity index (χ0v) is 9.24. The Balaban J connectivity index is 2.02. The lowest BCUT2D eigenvalue weighted by Gasteiger charge is -2.50. The highest BCUT2D eigenvalue weighted by Gasteiger charge is 2.37. The largest absolute Gasteiger partial charge is 0.299 e. The van der Waals surface area contributed by atoms with Gasteiger partial charge in [-0.3, -0.25) is 21.1 Å². The zero-order valence-electron chi connectivity index (χ0n) is 9.24. The minimum atomic E-state index is 0.429. The van der Waals surface area contributed by atoms with E-state index < -0.39 is 0 Å². The number of nitrogens with two attached hydrogens (primary N) is 1. The Morgan fingerprint density at radius 1 is 1.21 bits per heavy atom. The van der Waals surface area contributed by atoms with Crippen LogP contribution in [0.2, 0.25) is 0 Å². The van der Waals surface area contributed by atoms with Crippen molar-refractivity contribution in [2.24, 2.45) is 11.8 Å². The number of piperazine rings is 3. The Kier molecular flexibility index (Phi) is 3.07. The molecule has 3 saturated heterocycles. The second kappa shape index (κ2) is 4.14. The molecule has 2 unspecified atom stereocenters. The third kappa shape index (κ3) is 1.80. The van der Waals surface area contributed by atoms with Gasteiger partial charge in [0, 0.05) is 44.8 Å². The van der Waals surface area contributed by atoms with Gasteiger partial charge in [-0.25, -0.2) is 0 Å². The van der Waals surface area contributed by atoms with Crippen molar-refractivity contribution in [2.45, 2.75) is 25.9 Å². The molecule has 0 aromatic carbocycles. The van der Waals surface area contributed by atoms with Crippen molar-refractivity contribution in [1.29, 1.82) is 0 Å². The maximum absolute atomic E-state index is 5.64. The molecule has 3 rings (SSSR count). The van der Waals surface area contributed by atoms with Crippen LogP contribution >= 0.6 is 0 Å². The molecular weight excluding hydrogens is 176 g/mol. The van der Waals surface area contributed by atoms with Gasteiger partial charge in [-0.15, -0.1) is 0 Å². The van der Waals surface area contributed by atoms with Gasteiger partial charge in [0.05, 0.1) is 0 Å². The molecule has 0 aromatic rings. The number of fused-ring (bicyclic) bond motifs is 3. The molecule has 3 heterocycles. The molecule has 0 amide bonds. The standard InChI is InChI=1S/C10H22N4/c1-8(2)10(12-11)9-7-13-3-5-14(9)6-4-13/h8-10,12H,3-7,11H2,1-2H3. The van der Waals surface area contributed by atoms with Gasteiger partial charge in [0.1, 0.15) is 0 Å². The number of hydrogen-bond acceptors (Lipinski definition) is 4. The normalized spacial score (nSPS) is 39.0. The highest BCUT2D eigenvalue weighted by atomic mass is 15.4. The van der Waals surface area contributed by atoms with Crippen molar-refractivity contribution in [3.8, 4) is 0 Å². The van der Waals surface area contributed by atoms with Crippen LogP contribution in [-0.4, -0.2) is 54.6 Å². The Morgan fingerprint density at radius 3 is 2.21 bits per heavy atom. The van der Waals surface area contributed by atoms with Crippen LogP contribution in [0.5, 0.6) is 0 Å². The van der Waals surface area contributed by atoms with Crippen molar-refractivity contribution < 1.29 is 0 Å². The molecule has 0 aliphatic carbocycles. The summed E-state index contributed by atoms with van der Waals surface area (Å²) in [5, 5.41) is 0. The average molecular weight is 198 g/mol. The van der Waals surface area contributed by atoms with Crippen molar-refractivity contribution in [1.82, 2.24) is 15.2 Å². The van der Waals surface area contributed by atoms with E-state index in [0.717, 1.165) is 0 Å². The molecule has 0 saturated carbocycles. The molecule has 82 valence electrons. The highest BCUT2D eigenvalue weighted by Crippen LogP contribution is 2.21. The van der Waals surface area contributed by atoms with E-state index in [9.17, 15) is 0 Å². The quantitative estimate of drug-likeness (QED) is 0.473. The Labute approximate surface area is 86.4 Å². The topological polar surface area (TPSA) is 44.5 Å². The van der Waals surface area contributed by atoms with Gasteiger partial charge in [-0.1, -0.05) is 13.8 Å². The van der Waals surface area contributed by atoms with E-state index in [1.54, 1.807) is 0 Å². The minimum absolute atomic E-state index is 0.429. The molecule has 0 spiro atoms. The first-order chi connectivity index (χ1) is 6.72. The van der Waals surface area contributed by atoms with Gasteiger partial charge in [-0.2, -0.15) is 0 Å². The molecule has 4 nitrogen and oxygen atoms in total. The minimum Gasteiger partial charge on any atom is -0.299 e. The summed E-state index contributed by atoms with van der Waals surface area (Å²) < 4.78 is 0. The van der Waals surface area contributed by atoms with Crippen LogP contribution in [0, 0.1) is 5.92 Å². The van der Waals surface area contributed by atoms with E-state index in [1.807, 2.05) is 0 Å². The van der Waals surface area contributed by atoms with E-state index in [0.29, 0.717) is 18.0 Å². The molecule has 4 heteroatoms. The molecule has 3 aliphatic heterocycles. The average Bonchev–Trinajstić information content (AvgIpc) is 2.20. The molecule has 3 aliphatic rings. The fourth-order valence-electron chi connectivity index (χ4n) is 2.75. The Hall–Kier alpha value is -0.160. The second-order valence-corrected chi connectivity index (χ2v) is 4.84. The first kappa shape index (κ1) is 10.4. The van der Waals surface area contributed by atoms with Crippen LogP contribution in [0.15, 0.2) is 0 Å². The lowest BCUT2D eigenvalue weighted by Crippen LogP contribution is -2.68. The summed E-state index contributed by atoms with van der Waals surface area (Å²) in [6.07, 6.45) is 0. The summed E-state index contributed by atoms with van der Waals surface area (Å²) in [7, 11) is 0. The SMILES string of the molecule is CC(C)C(NN)C1CN2CCN1CC2. The molecule has 2 atom stereocenters. The van der Waals surface area contributed by atoms with Gasteiger partial charge in [-0.05, 0) is 5.92 Å². The molecule has 0 aromatic heterocycles. The monoisotopic (exact) mass is 198 g/mol. The van der Waals surface area contributed by atoms with E-state index in [1.165, 1.54) is 32.7 Å². The van der Waals surface area contributed by atoms with Gasteiger partial charge in [0.2, 0.25) is 0 Å². The van der Waals surface area contributed by atoms with Gasteiger partial charge >= 0.3 is 0 Å². The van der Waals surface area contributed by atoms with E-state index in [-0.39, 0.29) is 0 Å². The van der Waals surface area contributed by atoms with E-state index in [4.69, 9.17) is 5.84 Å². The Bertz CT molecular complexity index is 187. The van der Waals surface area contributed by atoms with Crippen LogP contribution in [-0.2, 0) is 0 Å². The predicted molar refractivity (Wildman–Crippen MR) is 57.8 cm³/mol. The second-order valence-electron chi connectivity index (χ2n) is 4.84. The Morgan fingerprint density at radius 2 is 1.86 bits per heavy atom. The van der Waals surface area contributed by atoms with Gasteiger partial charge in [0.25, 0.3) is 0 Å². The van der Waals surface area contributed by atoms with Crippen LogP contribution < -0.4 is 11.3 Å². The smallest absolute Gasteiger partial charge is 0.0401 e. The molecule has 3 fully saturated rings. The first-order valence-corrected chi connectivity index (χ1v) is 5.65. The summed E-state index contributed by atoms with van der Waals surface area (Å²) in [4.78, 5) is 5.14. The number of hydrogen-bond donors (Lipinski definition) is 2. The summed E-state index contributed by atoms with van der Waals surface area (Å²) in [5.41, 5.74) is 2.99. The first-order valence-electron chi connectivity index (χ1n) is 5.65. The maximum Gasteiger partial charge on any atom is 0.0401 e. The van der Waals surface area contributed by atoms with Crippen LogP contribution in [0.4, 0.5) is 0 Å². The third-order valence-corrected chi connectivity index (χ3v) is 3.65. The summed E-state index contributed by atoms with van der Waals surface area (Å²) >= 11 is 0. The fraction of sp³-hybridized carbons (Fsp3) is 1.00. The molecule has 0 radical (unpaired) electrons. The number of rotatable bonds is 3. The molecule has 3 N–H and O–H groups in total. The molecular formula is C10H22N4. The van der Waals surface area contributed by atoms with Crippen molar-refractivity contribution >= 4 is 0 Å². The number of hydrazine groups is 1. The van der Waals surface area contributed by atoms with Crippen LogP contribution in [0.1, 0.15) is 13.8 Å². The fourth-order valence-corrected chi connectivity index (χ4v) is 2.75. The van der Waals surface area contributed by atoms with Crippen LogP contribution in [0.3, 0.4) is 0 Å². The predicted octanol–water partition coefficient (Wildman–Crippen LogP) is -0.526. The van der Waals surface area contributed by atoms with Crippen molar-refractivity contribution in [3.63, 3.8) is 0 Å². The summed E-state index contributed by atoms with van der Waals surface area (Å²) in [6, 6.07) is 1.04. The number of nitrogens with zero attached hydrogens (tertiary/aromatic N) is 2. The summed E-state index contributed by atoms with van der Waals surface area (Å²) in [5.74, 6) is 6.24.